The lowest BCUT2D eigenvalue weighted by molar-refractivity contribution is 1.41. The molecule has 0 saturated carbocycles. The topological polar surface area (TPSA) is 12.9 Å². The van der Waals surface area contributed by atoms with Gasteiger partial charge in [0.2, 0.25) is 0 Å². The second-order valence-corrected chi connectivity index (χ2v) is 3.51. The van der Waals surface area contributed by atoms with Gasteiger partial charge in [-0.1, -0.05) is 35.9 Å². The summed E-state index contributed by atoms with van der Waals surface area (Å²) in [7, 11) is 0. The molecule has 1 aromatic carbocycles. The average molecular weight is 195 g/mol. The van der Waals surface area contributed by atoms with Crippen LogP contribution in [0.3, 0.4) is 0 Å². The molecule has 59 valence electrons. The molecule has 0 aliphatic carbocycles. The highest BCUT2D eigenvalue weighted by Gasteiger charge is 2.00. The van der Waals surface area contributed by atoms with Crippen LogP contribution in [-0.4, -0.2) is 4.98 Å². The number of rotatable bonds is 1. The molecule has 1 heterocycles. The van der Waals surface area contributed by atoms with Crippen LogP contribution in [0.4, 0.5) is 0 Å². The van der Waals surface area contributed by atoms with E-state index in [1.807, 2.05) is 29.6 Å². The Balaban J connectivity index is 2.45. The lowest BCUT2D eigenvalue weighted by atomic mass is 10.2. The summed E-state index contributed by atoms with van der Waals surface area (Å²) in [6.45, 7) is 0. The van der Waals surface area contributed by atoms with Crippen molar-refractivity contribution < 1.29 is 0 Å². The second-order valence-electron chi connectivity index (χ2n) is 2.26. The lowest BCUT2D eigenvalue weighted by Crippen LogP contribution is -1.73. The molecule has 0 bridgehead atoms. The van der Waals surface area contributed by atoms with Gasteiger partial charge in [-0.3, -0.25) is 0 Å². The molecular weight excluding hydrogens is 190 g/mol. The lowest BCUT2D eigenvalue weighted by Gasteiger charge is -1.91. The molecule has 1 radical (unpaired) electrons. The van der Waals surface area contributed by atoms with Gasteiger partial charge in [0.25, 0.3) is 0 Å². The largest absolute Gasteiger partial charge is 0.224 e. The average Bonchev–Trinajstić information content (AvgIpc) is 2.54. The van der Waals surface area contributed by atoms with E-state index in [1.54, 1.807) is 11.3 Å². The van der Waals surface area contributed by atoms with Gasteiger partial charge in [-0.05, 0) is 6.07 Å². The number of halogens is 1. The van der Waals surface area contributed by atoms with E-state index >= 15 is 0 Å². The number of nitrogens with zero attached hydrogens (tertiary/aromatic N) is 1. The van der Waals surface area contributed by atoms with Gasteiger partial charge in [-0.25, -0.2) is 4.98 Å². The third kappa shape index (κ3) is 1.49. The highest BCUT2D eigenvalue weighted by atomic mass is 35.5. The predicted molar refractivity (Wildman–Crippen MR) is 51.4 cm³/mol. The summed E-state index contributed by atoms with van der Waals surface area (Å²) in [5, 5.41) is 3.34. The molecule has 0 fully saturated rings. The summed E-state index contributed by atoms with van der Waals surface area (Å²) in [5.74, 6) is 0. The van der Waals surface area contributed by atoms with Crippen LogP contribution in [0.25, 0.3) is 10.6 Å². The number of benzene rings is 1. The highest BCUT2D eigenvalue weighted by molar-refractivity contribution is 7.13. The van der Waals surface area contributed by atoms with Crippen LogP contribution >= 0.6 is 22.9 Å². The summed E-state index contributed by atoms with van der Waals surface area (Å²) >= 11 is 7.25. The summed E-state index contributed by atoms with van der Waals surface area (Å²) in [6.07, 6.45) is 0. The zero-order chi connectivity index (χ0) is 8.39. The molecule has 0 unspecified atom stereocenters. The van der Waals surface area contributed by atoms with Crippen LogP contribution in [0, 0.1) is 6.07 Å². The first-order chi connectivity index (χ1) is 5.86. The van der Waals surface area contributed by atoms with Gasteiger partial charge >= 0.3 is 0 Å². The molecule has 1 aromatic heterocycles. The maximum absolute atomic E-state index is 5.70. The quantitative estimate of drug-likeness (QED) is 0.679. The Labute approximate surface area is 79.7 Å². The molecule has 2 aromatic rings. The molecule has 0 atom stereocenters. The summed E-state index contributed by atoms with van der Waals surface area (Å²) < 4.78 is 0. The number of aromatic nitrogens is 1. The van der Waals surface area contributed by atoms with Crippen molar-refractivity contribution in [3.8, 4) is 10.6 Å². The monoisotopic (exact) mass is 194 g/mol. The summed E-state index contributed by atoms with van der Waals surface area (Å²) in [4.78, 5) is 4.15. The molecule has 0 amide bonds. The van der Waals surface area contributed by atoms with Gasteiger partial charge in [-0.2, -0.15) is 0 Å². The van der Waals surface area contributed by atoms with E-state index in [9.17, 15) is 0 Å². The van der Waals surface area contributed by atoms with Crippen molar-refractivity contribution in [3.63, 3.8) is 0 Å². The van der Waals surface area contributed by atoms with Crippen LogP contribution in [0.15, 0.2) is 29.6 Å². The zero-order valence-corrected chi connectivity index (χ0v) is 7.69. The normalized spacial score (nSPS) is 10.1. The van der Waals surface area contributed by atoms with Gasteiger partial charge in [0.15, 0.2) is 0 Å². The van der Waals surface area contributed by atoms with Gasteiger partial charge in [-0.15, -0.1) is 11.3 Å². The van der Waals surface area contributed by atoms with Crippen LogP contribution in [-0.2, 0) is 0 Å². The van der Waals surface area contributed by atoms with Gasteiger partial charge in [0, 0.05) is 10.9 Å². The van der Waals surface area contributed by atoms with Crippen LogP contribution in [0.2, 0.25) is 5.15 Å². The Hall–Kier alpha value is -0.860. The molecular formula is C9H5ClNS. The smallest absolute Gasteiger partial charge is 0.140 e. The third-order valence-electron chi connectivity index (χ3n) is 1.44. The molecule has 2 rings (SSSR count). The van der Waals surface area contributed by atoms with Crippen molar-refractivity contribution in [2.75, 3.05) is 0 Å². The first kappa shape index (κ1) is 7.77. The standard InChI is InChI=1S/C9H5ClNS/c10-8-6-12-9(11-8)7-4-2-1-3-5-7/h2-6H. The van der Waals surface area contributed by atoms with Crippen molar-refractivity contribution in [3.05, 3.63) is 40.9 Å². The van der Waals surface area contributed by atoms with E-state index in [1.165, 1.54) is 0 Å². The maximum atomic E-state index is 5.70. The predicted octanol–water partition coefficient (Wildman–Crippen LogP) is 3.26. The minimum atomic E-state index is 0.558. The Kier molecular flexibility index (Phi) is 2.11. The minimum absolute atomic E-state index is 0.558. The molecule has 0 N–H and O–H groups in total. The van der Waals surface area contributed by atoms with E-state index in [0.717, 1.165) is 10.6 Å². The first-order valence-electron chi connectivity index (χ1n) is 3.44. The Bertz CT molecular complexity index is 369. The molecule has 0 aliphatic heterocycles. The van der Waals surface area contributed by atoms with Gasteiger partial charge in [0.1, 0.15) is 10.2 Å². The van der Waals surface area contributed by atoms with E-state index in [-0.39, 0.29) is 0 Å². The highest BCUT2D eigenvalue weighted by Crippen LogP contribution is 2.24. The maximum Gasteiger partial charge on any atom is 0.140 e. The van der Waals surface area contributed by atoms with E-state index in [2.05, 4.69) is 11.1 Å². The fourth-order valence-corrected chi connectivity index (χ4v) is 1.87. The molecule has 3 heteroatoms. The number of hydrogen-bond donors (Lipinski definition) is 0. The number of hydrogen-bond acceptors (Lipinski definition) is 2. The van der Waals surface area contributed by atoms with Crippen LogP contribution < -0.4 is 0 Å². The molecule has 0 aliphatic rings. The zero-order valence-electron chi connectivity index (χ0n) is 6.12. The van der Waals surface area contributed by atoms with Crippen molar-refractivity contribution in [1.82, 2.24) is 4.98 Å². The Morgan fingerprint density at radius 2 is 2.08 bits per heavy atom. The number of thiazole rings is 1. The molecule has 12 heavy (non-hydrogen) atoms. The molecule has 1 nitrogen and oxygen atoms in total. The molecule has 0 spiro atoms. The Morgan fingerprint density at radius 3 is 2.67 bits per heavy atom. The first-order valence-corrected chi connectivity index (χ1v) is 4.69. The van der Waals surface area contributed by atoms with Crippen molar-refractivity contribution in [1.29, 1.82) is 0 Å². The second kappa shape index (κ2) is 3.25. The van der Waals surface area contributed by atoms with Crippen molar-refractivity contribution in [2.24, 2.45) is 0 Å². The fraction of sp³-hybridized carbons (Fsp3) is 0. The minimum Gasteiger partial charge on any atom is -0.224 e. The summed E-state index contributed by atoms with van der Waals surface area (Å²) in [5.41, 5.74) is 1.09. The van der Waals surface area contributed by atoms with Crippen LogP contribution in [0.1, 0.15) is 0 Å². The van der Waals surface area contributed by atoms with E-state index in [0.29, 0.717) is 5.15 Å². The molecule has 0 saturated heterocycles. The van der Waals surface area contributed by atoms with E-state index < -0.39 is 0 Å². The van der Waals surface area contributed by atoms with Crippen LogP contribution in [0.5, 0.6) is 0 Å². The SMILES string of the molecule is Clc1csc(-c2cc[c]cc2)n1. The summed E-state index contributed by atoms with van der Waals surface area (Å²) in [6, 6.07) is 10.6. The Morgan fingerprint density at radius 1 is 1.33 bits per heavy atom. The van der Waals surface area contributed by atoms with E-state index in [4.69, 9.17) is 11.6 Å². The van der Waals surface area contributed by atoms with Gasteiger partial charge in [0.05, 0.1) is 0 Å². The van der Waals surface area contributed by atoms with Crippen molar-refractivity contribution in [2.45, 2.75) is 0 Å². The van der Waals surface area contributed by atoms with Crippen molar-refractivity contribution >= 4 is 22.9 Å². The van der Waals surface area contributed by atoms with Gasteiger partial charge < -0.3 is 0 Å². The third-order valence-corrected chi connectivity index (χ3v) is 2.66. The fourth-order valence-electron chi connectivity index (χ4n) is 0.916.